The van der Waals surface area contributed by atoms with E-state index in [1.165, 1.54) is 159 Å². The van der Waals surface area contributed by atoms with Crippen LogP contribution in [0.1, 0.15) is 108 Å². The maximum Gasteiger partial charge on any atom is 0.0577 e. The van der Waals surface area contributed by atoms with E-state index in [1.54, 1.807) is 0 Å². The van der Waals surface area contributed by atoms with Crippen LogP contribution in [0, 0.1) is 41.5 Å². The number of rotatable bonds is 0. The van der Waals surface area contributed by atoms with Crippen molar-refractivity contribution in [3.05, 3.63) is 145 Å². The number of hydrogen-bond acceptors (Lipinski definition) is 6. The third kappa shape index (κ3) is 4.92. The van der Waals surface area contributed by atoms with Gasteiger partial charge >= 0.3 is 0 Å². The van der Waals surface area contributed by atoms with Crippen molar-refractivity contribution in [2.45, 2.75) is 83.1 Å². The van der Waals surface area contributed by atoms with Crippen LogP contribution in [0.25, 0.3) is 50.1 Å². The van der Waals surface area contributed by atoms with Crippen LogP contribution in [0.15, 0.2) is 78.5 Å². The lowest BCUT2D eigenvalue weighted by atomic mass is 9.84. The Morgan fingerprint density at radius 3 is 0.630 bits per heavy atom. The maximum absolute atomic E-state index is 2.53. The maximum atomic E-state index is 2.53. The number of fused-ring (bicyclic) bond motifs is 12. The molecule has 0 spiro atoms. The fourth-order valence-corrected chi connectivity index (χ4v) is 16.6. The van der Waals surface area contributed by atoms with Crippen molar-refractivity contribution in [3.8, 4) is 33.4 Å². The van der Waals surface area contributed by atoms with Gasteiger partial charge in [0.2, 0.25) is 0 Å². The van der Waals surface area contributed by atoms with Gasteiger partial charge in [-0.05, 0) is 196 Å². The highest BCUT2D eigenvalue weighted by Crippen LogP contribution is 2.70. The van der Waals surface area contributed by atoms with Crippen LogP contribution in [0.3, 0.4) is 0 Å². The number of benzene rings is 4. The molecule has 0 aromatic heterocycles. The predicted molar refractivity (Wildman–Crippen MR) is 250 cm³/mol. The Hall–Kier alpha value is -2.58. The monoisotopic (exact) mass is 810 g/mol. The quantitative estimate of drug-likeness (QED) is 0.149. The molecule has 0 atom stereocenters. The van der Waals surface area contributed by atoms with E-state index in [9.17, 15) is 0 Å². The normalized spacial score (nSPS) is 18.2. The van der Waals surface area contributed by atoms with E-state index in [0.29, 0.717) is 0 Å². The zero-order valence-electron chi connectivity index (χ0n) is 32.9. The Bertz CT molecular complexity index is 2390. The molecule has 0 N–H and O–H groups in total. The molecule has 0 nitrogen and oxygen atoms in total. The van der Waals surface area contributed by atoms with Crippen LogP contribution < -0.4 is 0 Å². The fourth-order valence-electron chi connectivity index (χ4n) is 8.67. The Morgan fingerprint density at radius 1 is 0.241 bits per heavy atom. The first-order valence-corrected chi connectivity index (χ1v) is 23.6. The molecule has 3 aliphatic heterocycles. The molecule has 0 radical (unpaired) electrons. The highest BCUT2D eigenvalue weighted by atomic mass is 32.2. The van der Waals surface area contributed by atoms with Crippen molar-refractivity contribution in [2.75, 3.05) is 0 Å². The van der Waals surface area contributed by atoms with Crippen molar-refractivity contribution in [2.24, 2.45) is 0 Å². The first-order valence-electron chi connectivity index (χ1n) is 18.7. The highest BCUT2D eigenvalue weighted by Gasteiger charge is 2.46. The molecule has 6 aliphatic rings. The van der Waals surface area contributed by atoms with Gasteiger partial charge in [-0.2, -0.15) is 0 Å². The summed E-state index contributed by atoms with van der Waals surface area (Å²) in [6.07, 6.45) is 0. The molecule has 54 heavy (non-hydrogen) atoms. The zero-order valence-corrected chi connectivity index (χ0v) is 37.8. The van der Waals surface area contributed by atoms with Crippen molar-refractivity contribution in [1.82, 2.24) is 0 Å². The summed E-state index contributed by atoms with van der Waals surface area (Å²) in [7, 11) is 0. The van der Waals surface area contributed by atoms with Crippen LogP contribution in [-0.2, 0) is 0 Å². The van der Waals surface area contributed by atoms with Gasteiger partial charge < -0.3 is 0 Å². The molecule has 0 saturated carbocycles. The average molecular weight is 811 g/mol. The summed E-state index contributed by atoms with van der Waals surface area (Å²) in [6, 6.07) is 15.1. The molecule has 0 bridgehead atoms. The van der Waals surface area contributed by atoms with Crippen LogP contribution >= 0.6 is 70.6 Å². The molecular formula is C48H42S6. The molecule has 10 rings (SSSR count). The minimum absolute atomic E-state index is 1.36. The van der Waals surface area contributed by atoms with Gasteiger partial charge in [-0.1, -0.05) is 107 Å². The molecule has 0 saturated heterocycles. The second kappa shape index (κ2) is 12.5. The van der Waals surface area contributed by atoms with E-state index < -0.39 is 0 Å². The third-order valence-electron chi connectivity index (χ3n) is 12.3. The van der Waals surface area contributed by atoms with Crippen LogP contribution in [0.4, 0.5) is 0 Å². The van der Waals surface area contributed by atoms with E-state index >= 15 is 0 Å². The van der Waals surface area contributed by atoms with Crippen molar-refractivity contribution < 1.29 is 0 Å². The van der Waals surface area contributed by atoms with Crippen LogP contribution in [-0.4, -0.2) is 0 Å². The molecule has 4 aromatic carbocycles. The van der Waals surface area contributed by atoms with Crippen molar-refractivity contribution in [1.29, 1.82) is 0 Å². The molecule has 0 fully saturated rings. The Labute approximate surface area is 346 Å². The summed E-state index contributed by atoms with van der Waals surface area (Å²) >= 11 is 11.9. The van der Waals surface area contributed by atoms with Gasteiger partial charge in [0.25, 0.3) is 0 Å². The van der Waals surface area contributed by atoms with E-state index in [2.05, 4.69) is 119 Å². The van der Waals surface area contributed by atoms with Gasteiger partial charge in [0, 0.05) is 33.4 Å². The van der Waals surface area contributed by atoms with E-state index in [0.717, 1.165) is 0 Å². The van der Waals surface area contributed by atoms with Gasteiger partial charge in [-0.15, -0.1) is 0 Å². The van der Waals surface area contributed by atoms with E-state index in [-0.39, 0.29) is 0 Å². The smallest absolute Gasteiger partial charge is 0.0577 e. The molecule has 3 heterocycles. The summed E-state index contributed by atoms with van der Waals surface area (Å²) in [6.45, 7) is 27.6. The Morgan fingerprint density at radius 2 is 0.426 bits per heavy atom. The number of aryl methyl sites for hydroxylation is 6. The van der Waals surface area contributed by atoms with E-state index in [4.69, 9.17) is 0 Å². The lowest BCUT2D eigenvalue weighted by Gasteiger charge is -2.20. The topological polar surface area (TPSA) is 0 Å². The van der Waals surface area contributed by atoms with Gasteiger partial charge in [0.1, 0.15) is 0 Å². The van der Waals surface area contributed by atoms with Crippen molar-refractivity contribution in [3.63, 3.8) is 0 Å². The van der Waals surface area contributed by atoms with Crippen LogP contribution in [0.5, 0.6) is 0 Å². The summed E-state index contributed by atoms with van der Waals surface area (Å²) in [4.78, 5) is 8.51. The fraction of sp³-hybridized carbons (Fsp3) is 0.250. The predicted octanol–water partition coefficient (Wildman–Crippen LogP) is 16.8. The Balaban J connectivity index is 1.47. The summed E-state index contributed by atoms with van der Waals surface area (Å²) < 4.78 is 4.28. The van der Waals surface area contributed by atoms with Gasteiger partial charge in [-0.3, -0.25) is 0 Å². The first-order chi connectivity index (χ1) is 25.7. The SMILES string of the molecule is CC1=C(C)SC(=C2c3cc(C)c(C)cc3-c3c2c2c(c4c3C(=C3SC(C)=C(C)S3)c3cc(C)c(C)cc3-4)C(=C3SC(C)=C(C)S3)c3cc(C)c(C)cc3-2)S1. The Kier molecular flexibility index (Phi) is 8.26. The molecular weight excluding hydrogens is 769 g/mol. The molecule has 6 heteroatoms. The average Bonchev–Trinajstić information content (AvgIpc) is 3.93. The standard InChI is InChI=1S/C48H42S6/c1-19-13-31-34(16-22(19)4)40(46-49-25(7)26(8)50-46)43-37(31)44-39(32-14-20(2)23(5)17-35(32)41(44)47-51-27(9)28(10)52-47)45-38(43)33-15-21(3)24(6)18-36(33)42(45)48-53-29(11)30(12)54-48/h13-18H,1-12H3. The zero-order chi connectivity index (χ0) is 37.8. The molecule has 0 unspecified atom stereocenters. The van der Waals surface area contributed by atoms with E-state index in [1.807, 2.05) is 70.6 Å². The largest absolute Gasteiger partial charge is 0.0860 e. The first kappa shape index (κ1) is 35.8. The molecule has 0 amide bonds. The molecule has 4 aromatic rings. The summed E-state index contributed by atoms with van der Waals surface area (Å²) in [5, 5.41) is 0. The lowest BCUT2D eigenvalue weighted by Crippen LogP contribution is -1.98. The number of hydrogen-bond donors (Lipinski definition) is 0. The minimum atomic E-state index is 1.36. The number of thioether (sulfide) groups is 6. The highest BCUT2D eigenvalue weighted by molar-refractivity contribution is 8.29. The second-order valence-electron chi connectivity index (χ2n) is 15.6. The molecule has 270 valence electrons. The lowest BCUT2D eigenvalue weighted by molar-refractivity contribution is 1.34. The van der Waals surface area contributed by atoms with Crippen LogP contribution in [0.2, 0.25) is 0 Å². The number of allylic oxidation sites excluding steroid dienone is 6. The third-order valence-corrected chi connectivity index (χ3v) is 20.2. The van der Waals surface area contributed by atoms with Crippen molar-refractivity contribution >= 4 is 87.3 Å². The summed E-state index contributed by atoms with van der Waals surface area (Å²) in [5.41, 5.74) is 29.5. The minimum Gasteiger partial charge on any atom is -0.0860 e. The second-order valence-corrected chi connectivity index (χ2v) is 23.8. The summed E-state index contributed by atoms with van der Waals surface area (Å²) in [5.74, 6) is 0. The van der Waals surface area contributed by atoms with Gasteiger partial charge in [0.05, 0.1) is 12.7 Å². The van der Waals surface area contributed by atoms with Gasteiger partial charge in [0.15, 0.2) is 0 Å². The van der Waals surface area contributed by atoms with Gasteiger partial charge in [-0.25, -0.2) is 0 Å². The molecule has 3 aliphatic carbocycles.